The molecule has 102 valence electrons. The van der Waals surface area contributed by atoms with Crippen molar-refractivity contribution in [3.05, 3.63) is 36.5 Å². The van der Waals surface area contributed by atoms with Gasteiger partial charge >= 0.3 is 6.03 Å². The van der Waals surface area contributed by atoms with E-state index in [1.807, 2.05) is 37.3 Å². The Balaban J connectivity index is 1.76. The van der Waals surface area contributed by atoms with E-state index in [2.05, 4.69) is 10.6 Å². The summed E-state index contributed by atoms with van der Waals surface area (Å²) in [5.41, 5.74) is 0. The third-order valence-electron chi connectivity index (χ3n) is 2.63. The van der Waals surface area contributed by atoms with Crippen molar-refractivity contribution in [3.63, 3.8) is 0 Å². The molecule has 0 aliphatic carbocycles. The molecule has 0 saturated heterocycles. The molecule has 1 aliphatic rings. The smallest absolute Gasteiger partial charge is 0.318 e. The third kappa shape index (κ3) is 3.91. The Bertz CT molecular complexity index is 460. The summed E-state index contributed by atoms with van der Waals surface area (Å²) >= 11 is 0. The lowest BCUT2D eigenvalue weighted by Crippen LogP contribution is -2.43. The average Bonchev–Trinajstić information content (AvgIpc) is 2.45. The van der Waals surface area contributed by atoms with Crippen LogP contribution in [0, 0.1) is 0 Å². The van der Waals surface area contributed by atoms with Crippen LogP contribution in [-0.4, -0.2) is 25.3 Å². The maximum atomic E-state index is 11.4. The Morgan fingerprint density at radius 3 is 3.00 bits per heavy atom. The summed E-state index contributed by atoms with van der Waals surface area (Å²) in [6, 6.07) is 7.26. The SMILES string of the molecule is CC/C=C/NC(=O)NCC1COc2ccccc2O1. The lowest BCUT2D eigenvalue weighted by atomic mass is 10.2. The molecule has 0 aromatic heterocycles. The highest BCUT2D eigenvalue weighted by Crippen LogP contribution is 2.30. The second kappa shape index (κ2) is 6.68. The molecule has 5 heteroatoms. The standard InChI is InChI=1S/C14H18N2O3/c1-2-3-8-15-14(17)16-9-11-10-18-12-6-4-5-7-13(12)19-11/h3-8,11H,2,9-10H2,1H3,(H2,15,16,17)/b8-3+. The van der Waals surface area contributed by atoms with Crippen LogP contribution in [0.2, 0.25) is 0 Å². The van der Waals surface area contributed by atoms with Gasteiger partial charge in [-0.1, -0.05) is 25.1 Å². The molecule has 1 atom stereocenters. The molecule has 0 saturated carbocycles. The van der Waals surface area contributed by atoms with Crippen molar-refractivity contribution in [3.8, 4) is 11.5 Å². The molecule has 19 heavy (non-hydrogen) atoms. The minimum absolute atomic E-state index is 0.171. The molecule has 5 nitrogen and oxygen atoms in total. The molecule has 0 spiro atoms. The number of amides is 2. The van der Waals surface area contributed by atoms with Crippen LogP contribution in [0.25, 0.3) is 0 Å². The topological polar surface area (TPSA) is 59.6 Å². The Labute approximate surface area is 112 Å². The number of fused-ring (bicyclic) bond motifs is 1. The number of rotatable bonds is 4. The van der Waals surface area contributed by atoms with E-state index in [1.165, 1.54) is 0 Å². The van der Waals surface area contributed by atoms with Crippen LogP contribution >= 0.6 is 0 Å². The fourth-order valence-corrected chi connectivity index (χ4v) is 1.67. The molecule has 0 radical (unpaired) electrons. The van der Waals surface area contributed by atoms with E-state index in [-0.39, 0.29) is 12.1 Å². The Morgan fingerprint density at radius 2 is 2.21 bits per heavy atom. The summed E-state index contributed by atoms with van der Waals surface area (Å²) in [6.45, 7) is 2.84. The molecule has 1 aliphatic heterocycles. The highest BCUT2D eigenvalue weighted by atomic mass is 16.6. The van der Waals surface area contributed by atoms with E-state index < -0.39 is 0 Å². The first-order valence-corrected chi connectivity index (χ1v) is 6.37. The van der Waals surface area contributed by atoms with Crippen LogP contribution in [0.3, 0.4) is 0 Å². The van der Waals surface area contributed by atoms with Crippen molar-refractivity contribution >= 4 is 6.03 Å². The minimum Gasteiger partial charge on any atom is -0.486 e. The quantitative estimate of drug-likeness (QED) is 0.873. The van der Waals surface area contributed by atoms with Gasteiger partial charge in [0.1, 0.15) is 6.61 Å². The first kappa shape index (κ1) is 13.3. The average molecular weight is 262 g/mol. The van der Waals surface area contributed by atoms with Gasteiger partial charge in [0.15, 0.2) is 17.6 Å². The lowest BCUT2D eigenvalue weighted by molar-refractivity contribution is 0.0919. The molecular formula is C14H18N2O3. The van der Waals surface area contributed by atoms with E-state index >= 15 is 0 Å². The van der Waals surface area contributed by atoms with Gasteiger partial charge in [-0.15, -0.1) is 0 Å². The maximum absolute atomic E-state index is 11.4. The second-order valence-electron chi connectivity index (χ2n) is 4.16. The molecule has 1 unspecified atom stereocenters. The van der Waals surface area contributed by atoms with Crippen LogP contribution in [0.1, 0.15) is 13.3 Å². The molecule has 2 amide bonds. The number of hydrogen-bond donors (Lipinski definition) is 2. The normalized spacial score (nSPS) is 17.2. The molecule has 1 aromatic carbocycles. The van der Waals surface area contributed by atoms with Gasteiger partial charge < -0.3 is 20.1 Å². The van der Waals surface area contributed by atoms with Crippen molar-refractivity contribution in [1.82, 2.24) is 10.6 Å². The summed E-state index contributed by atoms with van der Waals surface area (Å²) in [7, 11) is 0. The molecule has 2 N–H and O–H groups in total. The van der Waals surface area contributed by atoms with Crippen molar-refractivity contribution in [1.29, 1.82) is 0 Å². The van der Waals surface area contributed by atoms with Crippen molar-refractivity contribution < 1.29 is 14.3 Å². The zero-order chi connectivity index (χ0) is 13.5. The highest BCUT2D eigenvalue weighted by molar-refractivity contribution is 5.74. The lowest BCUT2D eigenvalue weighted by Gasteiger charge is -2.26. The van der Waals surface area contributed by atoms with Gasteiger partial charge in [0.25, 0.3) is 0 Å². The third-order valence-corrected chi connectivity index (χ3v) is 2.63. The molecule has 0 bridgehead atoms. The molecule has 2 rings (SSSR count). The predicted molar refractivity (Wildman–Crippen MR) is 72.3 cm³/mol. The monoisotopic (exact) mass is 262 g/mol. The Hall–Kier alpha value is -2.17. The summed E-state index contributed by atoms with van der Waals surface area (Å²) < 4.78 is 11.3. The van der Waals surface area contributed by atoms with Crippen LogP contribution in [0.15, 0.2) is 36.5 Å². The summed E-state index contributed by atoms with van der Waals surface area (Å²) in [6.07, 6.45) is 4.21. The number of ether oxygens (including phenoxy) is 2. The van der Waals surface area contributed by atoms with Gasteiger partial charge in [-0.25, -0.2) is 4.79 Å². The molecule has 1 aromatic rings. The number of nitrogens with one attached hydrogen (secondary N) is 2. The van der Waals surface area contributed by atoms with Crippen LogP contribution < -0.4 is 20.1 Å². The highest BCUT2D eigenvalue weighted by Gasteiger charge is 2.20. The number of benzene rings is 1. The summed E-state index contributed by atoms with van der Waals surface area (Å²) in [5, 5.41) is 5.35. The largest absolute Gasteiger partial charge is 0.486 e. The van der Waals surface area contributed by atoms with Gasteiger partial charge in [0.05, 0.1) is 6.54 Å². The maximum Gasteiger partial charge on any atom is 0.318 e. The van der Waals surface area contributed by atoms with E-state index in [9.17, 15) is 4.79 Å². The van der Waals surface area contributed by atoms with Crippen molar-refractivity contribution in [2.24, 2.45) is 0 Å². The molecule has 0 fully saturated rings. The fourth-order valence-electron chi connectivity index (χ4n) is 1.67. The minimum atomic E-state index is -0.243. The number of carbonyl (C=O) groups excluding carboxylic acids is 1. The van der Waals surface area contributed by atoms with Gasteiger partial charge in [-0.05, 0) is 18.6 Å². The van der Waals surface area contributed by atoms with E-state index in [1.54, 1.807) is 6.20 Å². The first-order chi connectivity index (χ1) is 9.29. The number of allylic oxidation sites excluding steroid dienone is 1. The van der Waals surface area contributed by atoms with Crippen molar-refractivity contribution in [2.45, 2.75) is 19.4 Å². The van der Waals surface area contributed by atoms with E-state index in [0.717, 1.165) is 12.2 Å². The number of urea groups is 1. The number of para-hydroxylation sites is 2. The van der Waals surface area contributed by atoms with Gasteiger partial charge in [-0.3, -0.25) is 0 Å². The summed E-state index contributed by atoms with van der Waals surface area (Å²) in [4.78, 5) is 11.4. The van der Waals surface area contributed by atoms with E-state index in [4.69, 9.17) is 9.47 Å². The second-order valence-corrected chi connectivity index (χ2v) is 4.16. The van der Waals surface area contributed by atoms with Crippen molar-refractivity contribution in [2.75, 3.05) is 13.2 Å². The first-order valence-electron chi connectivity index (χ1n) is 6.37. The van der Waals surface area contributed by atoms with Crippen LogP contribution in [0.4, 0.5) is 4.79 Å². The zero-order valence-electron chi connectivity index (χ0n) is 10.9. The van der Waals surface area contributed by atoms with Gasteiger partial charge in [0.2, 0.25) is 0 Å². The fraction of sp³-hybridized carbons (Fsp3) is 0.357. The molecule has 1 heterocycles. The number of carbonyl (C=O) groups is 1. The Kier molecular flexibility index (Phi) is 4.66. The summed E-state index contributed by atoms with van der Waals surface area (Å²) in [5.74, 6) is 1.46. The Morgan fingerprint density at radius 1 is 1.42 bits per heavy atom. The van der Waals surface area contributed by atoms with Gasteiger partial charge in [-0.2, -0.15) is 0 Å². The molecular weight excluding hydrogens is 244 g/mol. The van der Waals surface area contributed by atoms with Gasteiger partial charge in [0, 0.05) is 6.20 Å². The predicted octanol–water partition coefficient (Wildman–Crippen LogP) is 2.05. The van der Waals surface area contributed by atoms with Crippen LogP contribution in [0.5, 0.6) is 11.5 Å². The van der Waals surface area contributed by atoms with Crippen LogP contribution in [-0.2, 0) is 0 Å². The van der Waals surface area contributed by atoms with E-state index in [0.29, 0.717) is 18.9 Å². The number of hydrogen-bond acceptors (Lipinski definition) is 3. The zero-order valence-corrected chi connectivity index (χ0v) is 10.9.